The number of nitrogens with one attached hydrogen (secondary N) is 1. The molecule has 1 fully saturated rings. The minimum atomic E-state index is -2.81. The van der Waals surface area contributed by atoms with Crippen molar-refractivity contribution in [3.8, 4) is 0 Å². The molecule has 96 valence electrons. The average Bonchev–Trinajstić information content (AvgIpc) is 2.78. The molecule has 5 heteroatoms. The number of hydrogen-bond donors (Lipinski definition) is 1. The van der Waals surface area contributed by atoms with Gasteiger partial charge in [-0.2, -0.15) is 0 Å². The Morgan fingerprint density at radius 1 is 1.50 bits per heavy atom. The second-order valence-electron chi connectivity index (χ2n) is 4.40. The number of sulfone groups is 1. The van der Waals surface area contributed by atoms with Crippen molar-refractivity contribution in [2.24, 2.45) is 5.92 Å². The number of hydrogen-bond acceptors (Lipinski definition) is 4. The second-order valence-corrected chi connectivity index (χ2v) is 6.87. The Labute approximate surface area is 98.7 Å². The van der Waals surface area contributed by atoms with Gasteiger partial charge in [0.25, 0.3) is 0 Å². The highest BCUT2D eigenvalue weighted by atomic mass is 32.2. The highest BCUT2D eigenvalue weighted by molar-refractivity contribution is 7.91. The maximum atomic E-state index is 11.3. The molecule has 0 aromatic rings. The molecule has 0 radical (unpaired) electrons. The van der Waals surface area contributed by atoms with Crippen LogP contribution < -0.4 is 5.32 Å². The van der Waals surface area contributed by atoms with E-state index in [9.17, 15) is 8.42 Å². The van der Waals surface area contributed by atoms with Crippen molar-refractivity contribution in [3.63, 3.8) is 0 Å². The van der Waals surface area contributed by atoms with Crippen LogP contribution in [-0.2, 0) is 14.6 Å². The fraction of sp³-hybridized carbons (Fsp3) is 1.00. The summed E-state index contributed by atoms with van der Waals surface area (Å²) in [6, 6.07) is 0.398. The van der Waals surface area contributed by atoms with Gasteiger partial charge >= 0.3 is 0 Å². The van der Waals surface area contributed by atoms with Crippen LogP contribution in [0.1, 0.15) is 26.2 Å². The zero-order chi connectivity index (χ0) is 12.0. The molecule has 0 aromatic carbocycles. The molecule has 2 atom stereocenters. The molecular weight excluding hydrogens is 226 g/mol. The van der Waals surface area contributed by atoms with Crippen LogP contribution in [0.4, 0.5) is 0 Å². The van der Waals surface area contributed by atoms with E-state index in [4.69, 9.17) is 4.74 Å². The first-order chi connectivity index (χ1) is 7.59. The maximum Gasteiger partial charge on any atom is 0.150 e. The van der Waals surface area contributed by atoms with E-state index in [-0.39, 0.29) is 5.75 Å². The van der Waals surface area contributed by atoms with Gasteiger partial charge < -0.3 is 10.1 Å². The molecule has 4 nitrogen and oxygen atoms in total. The van der Waals surface area contributed by atoms with Crippen molar-refractivity contribution in [3.05, 3.63) is 0 Å². The van der Waals surface area contributed by atoms with Crippen molar-refractivity contribution in [2.75, 3.05) is 31.8 Å². The van der Waals surface area contributed by atoms with Gasteiger partial charge in [0.05, 0.1) is 12.4 Å². The summed E-state index contributed by atoms with van der Waals surface area (Å²) in [7, 11) is -0.864. The number of ether oxygens (including phenoxy) is 1. The third-order valence-corrected chi connectivity index (χ3v) is 5.11. The van der Waals surface area contributed by atoms with Crippen LogP contribution in [-0.4, -0.2) is 46.2 Å². The standard InChI is InChI=1S/C11H23NO3S/c1-3-16(13,14)8-4-5-11(12-2)10-6-7-15-9-10/h10-12H,3-9H2,1-2H3. The smallest absolute Gasteiger partial charge is 0.150 e. The highest BCUT2D eigenvalue weighted by Crippen LogP contribution is 2.19. The van der Waals surface area contributed by atoms with Crippen LogP contribution in [0, 0.1) is 5.92 Å². The van der Waals surface area contributed by atoms with Gasteiger partial charge in [-0.05, 0) is 32.2 Å². The fourth-order valence-electron chi connectivity index (χ4n) is 2.15. The second kappa shape index (κ2) is 6.57. The third-order valence-electron chi connectivity index (χ3n) is 3.32. The lowest BCUT2D eigenvalue weighted by molar-refractivity contribution is 0.176. The van der Waals surface area contributed by atoms with Gasteiger partial charge in [-0.25, -0.2) is 8.42 Å². The van der Waals surface area contributed by atoms with Crippen LogP contribution in [0.15, 0.2) is 0 Å². The monoisotopic (exact) mass is 249 g/mol. The molecule has 2 unspecified atom stereocenters. The van der Waals surface area contributed by atoms with Crippen molar-refractivity contribution in [1.29, 1.82) is 0 Å². The zero-order valence-electron chi connectivity index (χ0n) is 10.2. The van der Waals surface area contributed by atoms with Crippen molar-refractivity contribution in [2.45, 2.75) is 32.2 Å². The van der Waals surface area contributed by atoms with E-state index < -0.39 is 9.84 Å². The molecule has 0 amide bonds. The van der Waals surface area contributed by atoms with Crippen LogP contribution in [0.5, 0.6) is 0 Å². The summed E-state index contributed by atoms with van der Waals surface area (Å²) in [6.45, 7) is 3.36. The van der Waals surface area contributed by atoms with Crippen molar-refractivity contribution in [1.82, 2.24) is 5.32 Å². The van der Waals surface area contributed by atoms with E-state index in [1.54, 1.807) is 6.92 Å². The lowest BCUT2D eigenvalue weighted by atomic mass is 9.95. The van der Waals surface area contributed by atoms with E-state index >= 15 is 0 Å². The molecule has 1 aliphatic heterocycles. The third kappa shape index (κ3) is 4.39. The predicted molar refractivity (Wildman–Crippen MR) is 65.3 cm³/mol. The molecule has 0 bridgehead atoms. The molecular formula is C11H23NO3S. The van der Waals surface area contributed by atoms with Crippen molar-refractivity contribution >= 4 is 9.84 Å². The number of rotatable bonds is 7. The van der Waals surface area contributed by atoms with E-state index in [2.05, 4.69) is 5.32 Å². The molecule has 0 saturated carbocycles. The van der Waals surface area contributed by atoms with Gasteiger partial charge in [0.2, 0.25) is 0 Å². The largest absolute Gasteiger partial charge is 0.381 e. The Morgan fingerprint density at radius 2 is 2.25 bits per heavy atom. The molecule has 1 N–H and O–H groups in total. The van der Waals surface area contributed by atoms with Crippen LogP contribution >= 0.6 is 0 Å². The summed E-state index contributed by atoms with van der Waals surface area (Å²) in [4.78, 5) is 0. The maximum absolute atomic E-state index is 11.3. The van der Waals surface area contributed by atoms with E-state index in [0.717, 1.165) is 32.5 Å². The topological polar surface area (TPSA) is 55.4 Å². The minimum Gasteiger partial charge on any atom is -0.381 e. The normalized spacial score (nSPS) is 23.5. The Hall–Kier alpha value is -0.130. The lowest BCUT2D eigenvalue weighted by Gasteiger charge is -2.21. The SMILES string of the molecule is CCS(=O)(=O)CCCC(NC)C1CCOC1. The van der Waals surface area contributed by atoms with E-state index in [1.807, 2.05) is 7.05 Å². The fourth-order valence-corrected chi connectivity index (χ4v) is 3.05. The van der Waals surface area contributed by atoms with Gasteiger partial charge in [0.1, 0.15) is 9.84 Å². The van der Waals surface area contributed by atoms with Crippen LogP contribution in [0.3, 0.4) is 0 Å². The van der Waals surface area contributed by atoms with Gasteiger partial charge in [-0.15, -0.1) is 0 Å². The van der Waals surface area contributed by atoms with E-state index in [1.165, 1.54) is 0 Å². The average molecular weight is 249 g/mol. The molecule has 1 heterocycles. The molecule has 16 heavy (non-hydrogen) atoms. The molecule has 0 aromatic heterocycles. The Balaban J connectivity index is 2.29. The quantitative estimate of drug-likeness (QED) is 0.726. The summed E-state index contributed by atoms with van der Waals surface area (Å²) in [5.74, 6) is 1.12. The van der Waals surface area contributed by atoms with E-state index in [0.29, 0.717) is 17.7 Å². The molecule has 1 rings (SSSR count). The summed E-state index contributed by atoms with van der Waals surface area (Å²) in [6.07, 6.45) is 2.76. The van der Waals surface area contributed by atoms with Crippen molar-refractivity contribution < 1.29 is 13.2 Å². The molecule has 0 spiro atoms. The molecule has 0 aliphatic carbocycles. The van der Waals surface area contributed by atoms with Gasteiger partial charge in [0, 0.05) is 18.4 Å². The first-order valence-electron chi connectivity index (χ1n) is 6.04. The Kier molecular flexibility index (Phi) is 5.72. The Bertz CT molecular complexity index is 284. The first kappa shape index (κ1) is 13.9. The van der Waals surface area contributed by atoms with Gasteiger partial charge in [-0.3, -0.25) is 0 Å². The molecule has 1 aliphatic rings. The first-order valence-corrected chi connectivity index (χ1v) is 7.86. The van der Waals surface area contributed by atoms with Crippen LogP contribution in [0.25, 0.3) is 0 Å². The Morgan fingerprint density at radius 3 is 2.75 bits per heavy atom. The predicted octanol–water partition coefficient (Wildman–Crippen LogP) is 0.826. The van der Waals surface area contributed by atoms with Gasteiger partial charge in [0.15, 0.2) is 0 Å². The summed E-state index contributed by atoms with van der Waals surface area (Å²) < 4.78 is 28.0. The minimum absolute atomic E-state index is 0.254. The summed E-state index contributed by atoms with van der Waals surface area (Å²) in [5, 5.41) is 3.27. The molecule has 1 saturated heterocycles. The summed E-state index contributed by atoms with van der Waals surface area (Å²) in [5.41, 5.74) is 0. The summed E-state index contributed by atoms with van der Waals surface area (Å²) >= 11 is 0. The van der Waals surface area contributed by atoms with Gasteiger partial charge in [-0.1, -0.05) is 6.92 Å². The highest BCUT2D eigenvalue weighted by Gasteiger charge is 2.24. The lowest BCUT2D eigenvalue weighted by Crippen LogP contribution is -2.34. The van der Waals surface area contributed by atoms with Crippen LogP contribution in [0.2, 0.25) is 0 Å². The zero-order valence-corrected chi connectivity index (χ0v) is 11.1.